The van der Waals surface area contributed by atoms with E-state index < -0.39 is 17.7 Å². The summed E-state index contributed by atoms with van der Waals surface area (Å²) < 4.78 is 57.2. The van der Waals surface area contributed by atoms with Crippen LogP contribution in [0.25, 0.3) is 22.5 Å². The van der Waals surface area contributed by atoms with Crippen molar-refractivity contribution in [2.24, 2.45) is 0 Å². The number of aromatic nitrogens is 3. The van der Waals surface area contributed by atoms with Gasteiger partial charge in [0.15, 0.2) is 5.16 Å². The first-order valence-electron chi connectivity index (χ1n) is 13.2. The van der Waals surface area contributed by atoms with Gasteiger partial charge in [-0.2, -0.15) is 13.2 Å². The maximum atomic E-state index is 13.0. The van der Waals surface area contributed by atoms with Gasteiger partial charge < -0.3 is 18.5 Å². The molecule has 0 N–H and O–H groups in total. The van der Waals surface area contributed by atoms with E-state index in [-0.39, 0.29) is 12.5 Å². The zero-order valence-electron chi connectivity index (χ0n) is 23.2. The molecular formula is C31H28F3N3O4S. The smallest absolute Gasteiger partial charge is 0.416 e. The summed E-state index contributed by atoms with van der Waals surface area (Å²) in [5, 5.41) is 0.734. The summed E-state index contributed by atoms with van der Waals surface area (Å²) in [6.07, 6.45) is -3.67. The first-order valence-corrected chi connectivity index (χ1v) is 14.2. The molecule has 0 aliphatic heterocycles. The summed E-state index contributed by atoms with van der Waals surface area (Å²) in [5.41, 5.74) is 3.49. The summed E-state index contributed by atoms with van der Waals surface area (Å²) in [7, 11) is 1.63. The van der Waals surface area contributed by atoms with E-state index in [1.165, 1.54) is 23.9 Å². The Balaban J connectivity index is 1.40. The van der Waals surface area contributed by atoms with Gasteiger partial charge in [0.1, 0.15) is 11.5 Å². The van der Waals surface area contributed by atoms with Gasteiger partial charge in [-0.1, -0.05) is 23.9 Å². The van der Waals surface area contributed by atoms with E-state index in [1.807, 2.05) is 30.3 Å². The number of fused-ring (bicyclic) bond motifs is 1. The summed E-state index contributed by atoms with van der Waals surface area (Å²) >= 11 is 1.46. The van der Waals surface area contributed by atoms with Crippen LogP contribution in [0.4, 0.5) is 13.2 Å². The van der Waals surface area contributed by atoms with E-state index in [4.69, 9.17) is 18.9 Å². The molecule has 0 bridgehead atoms. The summed E-state index contributed by atoms with van der Waals surface area (Å²) in [4.78, 5) is 21.7. The number of halogens is 3. The predicted octanol–water partition coefficient (Wildman–Crippen LogP) is 7.74. The fraction of sp³-hybridized carbons (Fsp3) is 0.258. The standard InChI is InChI=1S/C31H28F3N3O4S/c1-4-40-29(38)22-9-14-27-25(17-22)36-30(37(27)16-15-20-5-12-24(39-3)13-6-20)42-18-26-19(2)41-28(35-26)21-7-10-23(11-8-21)31(32,33)34/h5-14,17H,4,15-16,18H2,1-3H3. The number of benzene rings is 3. The second-order valence-corrected chi connectivity index (χ2v) is 10.4. The van der Waals surface area contributed by atoms with E-state index in [2.05, 4.69) is 9.55 Å². The maximum absolute atomic E-state index is 13.0. The predicted molar refractivity (Wildman–Crippen MR) is 154 cm³/mol. The number of carbonyl (C=O) groups is 1. The van der Waals surface area contributed by atoms with Crippen LogP contribution in [0.15, 0.2) is 76.3 Å². The minimum Gasteiger partial charge on any atom is -0.497 e. The Morgan fingerprint density at radius 1 is 1.02 bits per heavy atom. The van der Waals surface area contributed by atoms with Crippen LogP contribution >= 0.6 is 11.8 Å². The Morgan fingerprint density at radius 2 is 1.76 bits per heavy atom. The minimum absolute atomic E-state index is 0.254. The molecule has 5 rings (SSSR count). The van der Waals surface area contributed by atoms with Gasteiger partial charge in [0.05, 0.1) is 41.6 Å². The molecule has 0 unspecified atom stereocenters. The molecule has 2 aromatic heterocycles. The molecule has 0 saturated carbocycles. The van der Waals surface area contributed by atoms with Gasteiger partial charge in [-0.25, -0.2) is 14.8 Å². The monoisotopic (exact) mass is 595 g/mol. The normalized spacial score (nSPS) is 11.7. The first-order chi connectivity index (χ1) is 20.2. The highest BCUT2D eigenvalue weighted by atomic mass is 32.2. The van der Waals surface area contributed by atoms with Crippen molar-refractivity contribution in [1.29, 1.82) is 0 Å². The van der Waals surface area contributed by atoms with Gasteiger partial charge in [-0.05, 0) is 80.4 Å². The Kier molecular flexibility index (Phi) is 8.58. The second kappa shape index (κ2) is 12.3. The molecule has 11 heteroatoms. The molecule has 0 fully saturated rings. The summed E-state index contributed by atoms with van der Waals surface area (Å²) in [5.74, 6) is 1.63. The van der Waals surface area contributed by atoms with Crippen LogP contribution in [0.5, 0.6) is 5.75 Å². The van der Waals surface area contributed by atoms with Crippen molar-refractivity contribution in [3.05, 3.63) is 94.9 Å². The zero-order valence-corrected chi connectivity index (χ0v) is 24.0. The van der Waals surface area contributed by atoms with Crippen molar-refractivity contribution in [3.63, 3.8) is 0 Å². The SMILES string of the molecule is CCOC(=O)c1ccc2c(c1)nc(SCc1nc(-c3ccc(C(F)(F)F)cc3)oc1C)n2CCc1ccc(OC)cc1. The first kappa shape index (κ1) is 29.2. The van der Waals surface area contributed by atoms with Crippen LogP contribution in [0.2, 0.25) is 0 Å². The molecular weight excluding hydrogens is 567 g/mol. The average Bonchev–Trinajstić information content (AvgIpc) is 3.53. The quantitative estimate of drug-likeness (QED) is 0.121. The van der Waals surface area contributed by atoms with Gasteiger partial charge in [-0.3, -0.25) is 0 Å². The number of nitrogens with zero attached hydrogens (tertiary/aromatic N) is 3. The molecule has 7 nitrogen and oxygen atoms in total. The number of carbonyl (C=O) groups excluding carboxylic acids is 1. The van der Waals surface area contributed by atoms with E-state index in [0.717, 1.165) is 40.5 Å². The van der Waals surface area contributed by atoms with Gasteiger partial charge in [-0.15, -0.1) is 0 Å². The summed E-state index contributed by atoms with van der Waals surface area (Å²) in [6.45, 7) is 4.45. The molecule has 218 valence electrons. The van der Waals surface area contributed by atoms with Crippen LogP contribution in [0, 0.1) is 6.92 Å². The number of methoxy groups -OCH3 is 1. The fourth-order valence-corrected chi connectivity index (χ4v) is 5.47. The van der Waals surface area contributed by atoms with Crippen molar-refractivity contribution in [2.75, 3.05) is 13.7 Å². The van der Waals surface area contributed by atoms with Crippen molar-refractivity contribution in [3.8, 4) is 17.2 Å². The van der Waals surface area contributed by atoms with Gasteiger partial charge in [0.2, 0.25) is 5.89 Å². The number of thioether (sulfide) groups is 1. The minimum atomic E-state index is -4.41. The van der Waals surface area contributed by atoms with Crippen molar-refractivity contribution in [1.82, 2.24) is 14.5 Å². The Labute approximate surface area is 244 Å². The highest BCUT2D eigenvalue weighted by Gasteiger charge is 2.30. The third-order valence-electron chi connectivity index (χ3n) is 6.70. The third kappa shape index (κ3) is 6.46. The van der Waals surface area contributed by atoms with Crippen molar-refractivity contribution >= 4 is 28.8 Å². The molecule has 0 saturated heterocycles. The van der Waals surface area contributed by atoms with Crippen LogP contribution in [-0.2, 0) is 29.6 Å². The molecule has 0 spiro atoms. The van der Waals surface area contributed by atoms with E-state index in [1.54, 1.807) is 33.1 Å². The molecule has 0 aliphatic rings. The number of esters is 1. The lowest BCUT2D eigenvalue weighted by Gasteiger charge is -2.10. The number of oxazole rings is 1. The lowest BCUT2D eigenvalue weighted by Crippen LogP contribution is -2.05. The highest BCUT2D eigenvalue weighted by molar-refractivity contribution is 7.98. The molecule has 0 radical (unpaired) electrons. The third-order valence-corrected chi connectivity index (χ3v) is 7.68. The van der Waals surface area contributed by atoms with Crippen LogP contribution in [0.1, 0.15) is 39.9 Å². The number of hydrogen-bond acceptors (Lipinski definition) is 7. The topological polar surface area (TPSA) is 79.4 Å². The van der Waals surface area contributed by atoms with Crippen molar-refractivity contribution in [2.45, 2.75) is 43.9 Å². The van der Waals surface area contributed by atoms with E-state index >= 15 is 0 Å². The number of rotatable bonds is 10. The van der Waals surface area contributed by atoms with E-state index in [0.29, 0.717) is 40.4 Å². The van der Waals surface area contributed by atoms with Gasteiger partial charge in [0.25, 0.3) is 0 Å². The lowest BCUT2D eigenvalue weighted by atomic mass is 10.1. The molecule has 5 aromatic rings. The second-order valence-electron chi connectivity index (χ2n) is 9.45. The molecule has 42 heavy (non-hydrogen) atoms. The molecule has 0 aliphatic carbocycles. The Morgan fingerprint density at radius 3 is 2.43 bits per heavy atom. The zero-order chi connectivity index (χ0) is 29.9. The maximum Gasteiger partial charge on any atom is 0.416 e. The number of ether oxygens (including phenoxy) is 2. The highest BCUT2D eigenvalue weighted by Crippen LogP contribution is 2.33. The molecule has 0 atom stereocenters. The van der Waals surface area contributed by atoms with E-state index in [9.17, 15) is 18.0 Å². The van der Waals surface area contributed by atoms with Gasteiger partial charge >= 0.3 is 12.1 Å². The summed E-state index contributed by atoms with van der Waals surface area (Å²) in [6, 6.07) is 17.9. The average molecular weight is 596 g/mol. The number of alkyl halides is 3. The van der Waals surface area contributed by atoms with Crippen molar-refractivity contribution < 1.29 is 31.9 Å². The number of hydrogen-bond donors (Lipinski definition) is 0. The fourth-order valence-electron chi connectivity index (χ4n) is 4.43. The Hall–Kier alpha value is -4.25. The molecule has 2 heterocycles. The molecule has 0 amide bonds. The Bertz CT molecular complexity index is 1690. The van der Waals surface area contributed by atoms with Crippen LogP contribution in [-0.4, -0.2) is 34.2 Å². The molecule has 3 aromatic carbocycles. The van der Waals surface area contributed by atoms with Crippen LogP contribution in [0.3, 0.4) is 0 Å². The number of imidazole rings is 1. The van der Waals surface area contributed by atoms with Crippen LogP contribution < -0.4 is 4.74 Å². The van der Waals surface area contributed by atoms with Gasteiger partial charge in [0, 0.05) is 17.9 Å². The largest absolute Gasteiger partial charge is 0.497 e. The lowest BCUT2D eigenvalue weighted by molar-refractivity contribution is -0.137. The number of aryl methyl sites for hydroxylation is 3.